The molecule has 1 aromatic rings. The van der Waals surface area contributed by atoms with Crippen LogP contribution in [0.2, 0.25) is 0 Å². The summed E-state index contributed by atoms with van der Waals surface area (Å²) in [6, 6.07) is 4.85. The highest BCUT2D eigenvalue weighted by molar-refractivity contribution is 6.01. The van der Waals surface area contributed by atoms with E-state index in [1.807, 2.05) is 13.0 Å². The highest BCUT2D eigenvalue weighted by atomic mass is 16.2. The topological polar surface area (TPSA) is 96.2 Å². The first-order valence-corrected chi connectivity index (χ1v) is 6.27. The molecule has 0 aromatic heterocycles. The minimum atomic E-state index is -0.465. The third-order valence-corrected chi connectivity index (χ3v) is 3.17. The molecule has 6 heteroatoms. The molecule has 0 spiro atoms. The maximum atomic E-state index is 12.2. The molecule has 1 unspecified atom stereocenters. The number of carbonyl (C=O) groups excluding carboxylic acids is 2. The van der Waals surface area contributed by atoms with Crippen LogP contribution in [0.1, 0.15) is 28.8 Å². The van der Waals surface area contributed by atoms with Gasteiger partial charge in [0.2, 0.25) is 5.91 Å². The minimum absolute atomic E-state index is 0.131. The number of nitrogens with one attached hydrogen (secondary N) is 3. The highest BCUT2D eigenvalue weighted by Gasteiger charge is 2.24. The Kier molecular flexibility index (Phi) is 4.01. The third-order valence-electron chi connectivity index (χ3n) is 3.17. The molecule has 1 atom stereocenters. The predicted molar refractivity (Wildman–Crippen MR) is 72.5 cm³/mol. The average Bonchev–Trinajstić information content (AvgIpc) is 2.41. The number of hydrogen-bond acceptors (Lipinski definition) is 4. The molecule has 1 heterocycles. The number of benzene rings is 1. The van der Waals surface area contributed by atoms with Crippen LogP contribution in [0.25, 0.3) is 0 Å². The molecule has 102 valence electrons. The molecule has 2 rings (SSSR count). The van der Waals surface area contributed by atoms with Crippen LogP contribution in [0, 0.1) is 6.92 Å². The lowest BCUT2D eigenvalue weighted by atomic mass is 10.0. The van der Waals surface area contributed by atoms with E-state index in [0.717, 1.165) is 12.0 Å². The Morgan fingerprint density at radius 2 is 2.26 bits per heavy atom. The van der Waals surface area contributed by atoms with Crippen LogP contribution >= 0.6 is 0 Å². The number of rotatable bonds is 3. The van der Waals surface area contributed by atoms with E-state index in [4.69, 9.17) is 5.84 Å². The van der Waals surface area contributed by atoms with E-state index < -0.39 is 6.04 Å². The Labute approximate surface area is 111 Å². The molecule has 1 aliphatic heterocycles. The number of anilines is 1. The van der Waals surface area contributed by atoms with Crippen molar-refractivity contribution >= 4 is 17.5 Å². The molecule has 1 saturated heterocycles. The average molecular weight is 262 g/mol. The highest BCUT2D eigenvalue weighted by Crippen LogP contribution is 2.17. The van der Waals surface area contributed by atoms with E-state index in [1.165, 1.54) is 0 Å². The summed E-state index contributed by atoms with van der Waals surface area (Å²) in [6.07, 6.45) is 1.53. The van der Waals surface area contributed by atoms with Gasteiger partial charge in [-0.05, 0) is 37.5 Å². The summed E-state index contributed by atoms with van der Waals surface area (Å²) in [4.78, 5) is 23.8. The molecule has 19 heavy (non-hydrogen) atoms. The molecular weight excluding hydrogens is 244 g/mol. The Hall–Kier alpha value is -2.08. The molecule has 0 bridgehead atoms. The van der Waals surface area contributed by atoms with Crippen LogP contribution in [0.15, 0.2) is 18.2 Å². The lowest BCUT2D eigenvalue weighted by Gasteiger charge is -2.23. The van der Waals surface area contributed by atoms with Gasteiger partial charge in [0.15, 0.2) is 0 Å². The number of amides is 2. The number of carbonyl (C=O) groups is 2. The van der Waals surface area contributed by atoms with Crippen molar-refractivity contribution in [2.75, 3.05) is 12.0 Å². The van der Waals surface area contributed by atoms with Crippen molar-refractivity contribution < 1.29 is 9.59 Å². The molecule has 6 nitrogen and oxygen atoms in total. The quantitative estimate of drug-likeness (QED) is 0.465. The summed E-state index contributed by atoms with van der Waals surface area (Å²) in [6.45, 7) is 2.59. The normalized spacial score (nSPS) is 18.6. The lowest BCUT2D eigenvalue weighted by molar-refractivity contribution is -0.124. The maximum Gasteiger partial charge on any atom is 0.254 e. The zero-order valence-electron chi connectivity index (χ0n) is 10.8. The number of nitrogen functional groups attached to an aromatic ring is 1. The van der Waals surface area contributed by atoms with Crippen LogP contribution in [-0.4, -0.2) is 24.4 Å². The van der Waals surface area contributed by atoms with Crippen molar-refractivity contribution in [2.45, 2.75) is 25.8 Å². The summed E-state index contributed by atoms with van der Waals surface area (Å²) >= 11 is 0. The van der Waals surface area contributed by atoms with Crippen molar-refractivity contribution in [1.82, 2.24) is 10.6 Å². The van der Waals surface area contributed by atoms with Gasteiger partial charge in [0.25, 0.3) is 5.91 Å². The second-order valence-electron chi connectivity index (χ2n) is 4.65. The van der Waals surface area contributed by atoms with E-state index in [2.05, 4.69) is 16.1 Å². The summed E-state index contributed by atoms with van der Waals surface area (Å²) < 4.78 is 0. The van der Waals surface area contributed by atoms with E-state index in [0.29, 0.717) is 24.2 Å². The minimum Gasteiger partial charge on any atom is -0.354 e. The van der Waals surface area contributed by atoms with Gasteiger partial charge in [-0.25, -0.2) is 0 Å². The van der Waals surface area contributed by atoms with Crippen molar-refractivity contribution in [3.8, 4) is 0 Å². The van der Waals surface area contributed by atoms with Crippen molar-refractivity contribution in [1.29, 1.82) is 0 Å². The Morgan fingerprint density at radius 1 is 1.47 bits per heavy atom. The van der Waals surface area contributed by atoms with Crippen molar-refractivity contribution in [3.05, 3.63) is 29.3 Å². The third kappa shape index (κ3) is 3.03. The first-order valence-electron chi connectivity index (χ1n) is 6.27. The molecule has 0 aliphatic carbocycles. The molecule has 0 radical (unpaired) electrons. The van der Waals surface area contributed by atoms with Gasteiger partial charge in [-0.3, -0.25) is 15.4 Å². The van der Waals surface area contributed by atoms with Gasteiger partial charge in [-0.15, -0.1) is 0 Å². The van der Waals surface area contributed by atoms with Gasteiger partial charge in [-0.2, -0.15) is 0 Å². The number of piperidine rings is 1. The fraction of sp³-hybridized carbons (Fsp3) is 0.385. The molecule has 2 amide bonds. The van der Waals surface area contributed by atoms with Gasteiger partial charge in [0.1, 0.15) is 6.04 Å². The smallest absolute Gasteiger partial charge is 0.254 e. The fourth-order valence-corrected chi connectivity index (χ4v) is 2.12. The number of hydrazine groups is 1. The van der Waals surface area contributed by atoms with E-state index in [1.54, 1.807) is 12.1 Å². The van der Waals surface area contributed by atoms with Gasteiger partial charge in [0.05, 0.1) is 11.3 Å². The largest absolute Gasteiger partial charge is 0.354 e. The standard InChI is InChI=1S/C13H18N4O2/c1-8-4-5-9(11(7-8)17-14)12(18)16-10-3-2-6-15-13(10)19/h4-5,7,10,17H,2-3,6,14H2,1H3,(H,15,19)(H,16,18). The molecule has 5 N–H and O–H groups in total. The summed E-state index contributed by atoms with van der Waals surface area (Å²) in [5, 5.41) is 5.47. The van der Waals surface area contributed by atoms with Gasteiger partial charge in [-0.1, -0.05) is 6.07 Å². The second kappa shape index (κ2) is 5.71. The molecule has 1 fully saturated rings. The number of hydrogen-bond donors (Lipinski definition) is 4. The van der Waals surface area contributed by atoms with Crippen LogP contribution in [0.3, 0.4) is 0 Å². The van der Waals surface area contributed by atoms with Gasteiger partial charge in [0, 0.05) is 6.54 Å². The first-order chi connectivity index (χ1) is 9.11. The van der Waals surface area contributed by atoms with Gasteiger partial charge >= 0.3 is 0 Å². The number of aryl methyl sites for hydroxylation is 1. The molecule has 1 aromatic carbocycles. The summed E-state index contributed by atoms with van der Waals surface area (Å²) in [5.41, 5.74) is 4.49. The maximum absolute atomic E-state index is 12.2. The van der Waals surface area contributed by atoms with Crippen LogP contribution in [-0.2, 0) is 4.79 Å². The molecule has 1 aliphatic rings. The summed E-state index contributed by atoms with van der Waals surface area (Å²) in [5.74, 6) is 4.98. The lowest BCUT2D eigenvalue weighted by Crippen LogP contribution is -2.50. The second-order valence-corrected chi connectivity index (χ2v) is 4.65. The Balaban J connectivity index is 2.13. The zero-order chi connectivity index (χ0) is 13.8. The fourth-order valence-electron chi connectivity index (χ4n) is 2.12. The van der Waals surface area contributed by atoms with Crippen molar-refractivity contribution in [2.24, 2.45) is 5.84 Å². The summed E-state index contributed by atoms with van der Waals surface area (Å²) in [7, 11) is 0. The van der Waals surface area contributed by atoms with E-state index in [9.17, 15) is 9.59 Å². The van der Waals surface area contributed by atoms with Crippen LogP contribution in [0.5, 0.6) is 0 Å². The van der Waals surface area contributed by atoms with Crippen molar-refractivity contribution in [3.63, 3.8) is 0 Å². The van der Waals surface area contributed by atoms with Crippen LogP contribution < -0.4 is 21.9 Å². The predicted octanol–water partition coefficient (Wildman–Crippen LogP) is 0.289. The zero-order valence-corrected chi connectivity index (χ0v) is 10.8. The molecular formula is C13H18N4O2. The first kappa shape index (κ1) is 13.4. The number of nitrogens with two attached hydrogens (primary N) is 1. The van der Waals surface area contributed by atoms with E-state index in [-0.39, 0.29) is 11.8 Å². The van der Waals surface area contributed by atoms with E-state index >= 15 is 0 Å². The van der Waals surface area contributed by atoms with Gasteiger partial charge < -0.3 is 16.1 Å². The Bertz CT molecular complexity index is 501. The monoisotopic (exact) mass is 262 g/mol. The SMILES string of the molecule is Cc1ccc(C(=O)NC2CCCNC2=O)c(NN)c1. The Morgan fingerprint density at radius 3 is 2.95 bits per heavy atom. The molecule has 0 saturated carbocycles. The van der Waals surface area contributed by atoms with Crippen LogP contribution in [0.4, 0.5) is 5.69 Å².